The Kier molecular flexibility index (Phi) is 2.76. The fourth-order valence-electron chi connectivity index (χ4n) is 0.899. The number of ether oxygens (including phenoxy) is 1. The molecule has 4 nitrogen and oxygen atoms in total. The highest BCUT2D eigenvalue weighted by molar-refractivity contribution is 5.90. The predicted octanol–water partition coefficient (Wildman–Crippen LogP) is 0.327. The zero-order valence-electron chi connectivity index (χ0n) is 6.78. The van der Waals surface area contributed by atoms with E-state index in [1.165, 1.54) is 13.3 Å². The molecule has 1 rings (SSSR count). The molecule has 0 unspecified atom stereocenters. The number of hydrogen-bond acceptors (Lipinski definition) is 4. The van der Waals surface area contributed by atoms with E-state index in [1.807, 2.05) is 0 Å². The number of rotatable bonds is 2. The van der Waals surface area contributed by atoms with Crippen molar-refractivity contribution < 1.29 is 9.53 Å². The van der Waals surface area contributed by atoms with E-state index in [-0.39, 0.29) is 12.5 Å². The van der Waals surface area contributed by atoms with Crippen molar-refractivity contribution in [3.05, 3.63) is 29.6 Å². The first-order chi connectivity index (χ1) is 5.79. The monoisotopic (exact) mass is 166 g/mol. The molecule has 4 heteroatoms. The van der Waals surface area contributed by atoms with Crippen molar-refractivity contribution in [2.75, 3.05) is 7.11 Å². The van der Waals surface area contributed by atoms with Gasteiger partial charge in [0.1, 0.15) is 0 Å². The summed E-state index contributed by atoms with van der Waals surface area (Å²) in [5, 5.41) is 0. The summed E-state index contributed by atoms with van der Waals surface area (Å²) in [5.74, 6) is -0.377. The molecular formula is C8H10N2O2. The van der Waals surface area contributed by atoms with Gasteiger partial charge in [0.25, 0.3) is 0 Å². The third-order valence-corrected chi connectivity index (χ3v) is 1.53. The van der Waals surface area contributed by atoms with Crippen molar-refractivity contribution in [2.24, 2.45) is 5.73 Å². The van der Waals surface area contributed by atoms with Gasteiger partial charge in [-0.25, -0.2) is 4.79 Å². The van der Waals surface area contributed by atoms with Crippen LogP contribution >= 0.6 is 0 Å². The summed E-state index contributed by atoms with van der Waals surface area (Å²) in [6, 6.07) is 1.59. The van der Waals surface area contributed by atoms with Gasteiger partial charge in [0.15, 0.2) is 0 Å². The Bertz CT molecular complexity index is 286. The number of nitrogens with two attached hydrogens (primary N) is 1. The predicted molar refractivity (Wildman–Crippen MR) is 43.5 cm³/mol. The molecule has 1 aromatic rings. The first-order valence-corrected chi connectivity index (χ1v) is 3.51. The van der Waals surface area contributed by atoms with Crippen LogP contribution in [-0.4, -0.2) is 18.1 Å². The van der Waals surface area contributed by atoms with Crippen LogP contribution in [0.4, 0.5) is 0 Å². The number of carbonyl (C=O) groups excluding carboxylic acids is 1. The lowest BCUT2D eigenvalue weighted by Crippen LogP contribution is -2.09. The third kappa shape index (κ3) is 1.60. The average Bonchev–Trinajstić information content (AvgIpc) is 2.16. The van der Waals surface area contributed by atoms with Gasteiger partial charge in [0, 0.05) is 18.9 Å². The van der Waals surface area contributed by atoms with Crippen molar-refractivity contribution in [3.63, 3.8) is 0 Å². The summed E-state index contributed by atoms with van der Waals surface area (Å²) < 4.78 is 4.56. The Morgan fingerprint density at radius 2 is 2.50 bits per heavy atom. The Hall–Kier alpha value is -1.42. The van der Waals surface area contributed by atoms with Crippen LogP contribution in [-0.2, 0) is 11.3 Å². The molecule has 12 heavy (non-hydrogen) atoms. The summed E-state index contributed by atoms with van der Waals surface area (Å²) in [6.45, 7) is 0.290. The molecule has 0 spiro atoms. The van der Waals surface area contributed by atoms with E-state index >= 15 is 0 Å². The molecule has 0 atom stereocenters. The maximum Gasteiger partial charge on any atom is 0.338 e. The van der Waals surface area contributed by atoms with Gasteiger partial charge in [0.05, 0.1) is 12.7 Å². The zero-order valence-corrected chi connectivity index (χ0v) is 6.78. The minimum absolute atomic E-state index is 0.290. The largest absolute Gasteiger partial charge is 0.465 e. The topological polar surface area (TPSA) is 65.2 Å². The zero-order chi connectivity index (χ0) is 8.97. The minimum Gasteiger partial charge on any atom is -0.465 e. The van der Waals surface area contributed by atoms with E-state index in [9.17, 15) is 4.79 Å². The lowest BCUT2D eigenvalue weighted by Gasteiger charge is -2.03. The minimum atomic E-state index is -0.377. The Morgan fingerprint density at radius 1 is 1.75 bits per heavy atom. The van der Waals surface area contributed by atoms with Crippen molar-refractivity contribution >= 4 is 5.97 Å². The molecule has 2 N–H and O–H groups in total. The Morgan fingerprint density at radius 3 is 3.08 bits per heavy atom. The molecular weight excluding hydrogens is 156 g/mol. The molecule has 0 aliphatic heterocycles. The highest BCUT2D eigenvalue weighted by Gasteiger charge is 2.09. The van der Waals surface area contributed by atoms with E-state index in [0.29, 0.717) is 11.1 Å². The van der Waals surface area contributed by atoms with Crippen LogP contribution in [0.5, 0.6) is 0 Å². The summed E-state index contributed by atoms with van der Waals surface area (Å²) >= 11 is 0. The second kappa shape index (κ2) is 3.82. The number of aromatic nitrogens is 1. The molecule has 0 saturated heterocycles. The van der Waals surface area contributed by atoms with Crippen molar-refractivity contribution in [3.8, 4) is 0 Å². The van der Waals surface area contributed by atoms with Gasteiger partial charge in [-0.15, -0.1) is 0 Å². The first kappa shape index (κ1) is 8.67. The molecule has 1 heterocycles. The van der Waals surface area contributed by atoms with Crippen LogP contribution in [0, 0.1) is 0 Å². The van der Waals surface area contributed by atoms with E-state index in [4.69, 9.17) is 5.73 Å². The lowest BCUT2D eigenvalue weighted by molar-refractivity contribution is 0.0599. The van der Waals surface area contributed by atoms with Crippen LogP contribution in [0.2, 0.25) is 0 Å². The number of esters is 1. The summed E-state index contributed by atoms with van der Waals surface area (Å²) in [5.41, 5.74) is 6.58. The number of pyridine rings is 1. The number of hydrogen-bond donors (Lipinski definition) is 1. The molecule has 0 amide bonds. The maximum atomic E-state index is 11.1. The molecule has 64 valence electrons. The number of carbonyl (C=O) groups is 1. The van der Waals surface area contributed by atoms with Gasteiger partial charge in [-0.05, 0) is 11.6 Å². The first-order valence-electron chi connectivity index (χ1n) is 3.51. The second-order valence-electron chi connectivity index (χ2n) is 2.23. The summed E-state index contributed by atoms with van der Waals surface area (Å²) in [6.07, 6.45) is 3.09. The van der Waals surface area contributed by atoms with Gasteiger partial charge in [-0.2, -0.15) is 0 Å². The smallest absolute Gasteiger partial charge is 0.338 e. The highest BCUT2D eigenvalue weighted by atomic mass is 16.5. The van der Waals surface area contributed by atoms with E-state index in [1.54, 1.807) is 12.3 Å². The van der Waals surface area contributed by atoms with Crippen molar-refractivity contribution in [1.82, 2.24) is 4.98 Å². The molecule has 0 saturated carbocycles. The summed E-state index contributed by atoms with van der Waals surface area (Å²) in [4.78, 5) is 14.9. The number of nitrogens with zero attached hydrogens (tertiary/aromatic N) is 1. The molecule has 0 fully saturated rings. The van der Waals surface area contributed by atoms with E-state index in [2.05, 4.69) is 9.72 Å². The van der Waals surface area contributed by atoms with Crippen LogP contribution in [0.15, 0.2) is 18.5 Å². The van der Waals surface area contributed by atoms with Gasteiger partial charge in [-0.3, -0.25) is 4.98 Å². The van der Waals surface area contributed by atoms with Gasteiger partial charge in [-0.1, -0.05) is 0 Å². The molecule has 0 aliphatic rings. The van der Waals surface area contributed by atoms with Crippen LogP contribution in [0.3, 0.4) is 0 Å². The third-order valence-electron chi connectivity index (χ3n) is 1.53. The Balaban J connectivity index is 3.04. The second-order valence-corrected chi connectivity index (χ2v) is 2.23. The van der Waals surface area contributed by atoms with Crippen molar-refractivity contribution in [2.45, 2.75) is 6.54 Å². The maximum absolute atomic E-state index is 11.1. The van der Waals surface area contributed by atoms with Gasteiger partial charge in [0.2, 0.25) is 0 Å². The fourth-order valence-corrected chi connectivity index (χ4v) is 0.899. The molecule has 0 bridgehead atoms. The summed E-state index contributed by atoms with van der Waals surface area (Å²) in [7, 11) is 1.34. The highest BCUT2D eigenvalue weighted by Crippen LogP contribution is 2.06. The van der Waals surface area contributed by atoms with E-state index < -0.39 is 0 Å². The van der Waals surface area contributed by atoms with Crippen LogP contribution in [0.1, 0.15) is 15.9 Å². The van der Waals surface area contributed by atoms with Crippen LogP contribution < -0.4 is 5.73 Å². The van der Waals surface area contributed by atoms with Gasteiger partial charge < -0.3 is 10.5 Å². The molecule has 1 aromatic heterocycles. The standard InChI is InChI=1S/C8H10N2O2/c1-12-8(11)7-2-3-10-5-6(7)4-9/h2-3,5H,4,9H2,1H3. The molecule has 0 radical (unpaired) electrons. The van der Waals surface area contributed by atoms with E-state index in [0.717, 1.165) is 0 Å². The van der Waals surface area contributed by atoms with Crippen molar-refractivity contribution in [1.29, 1.82) is 0 Å². The molecule has 0 aromatic carbocycles. The lowest BCUT2D eigenvalue weighted by atomic mass is 10.1. The fraction of sp³-hybridized carbons (Fsp3) is 0.250. The Labute approximate surface area is 70.4 Å². The SMILES string of the molecule is COC(=O)c1ccncc1CN. The quantitative estimate of drug-likeness (QED) is 0.643. The number of methoxy groups -OCH3 is 1. The molecule has 0 aliphatic carbocycles. The normalized spacial score (nSPS) is 9.50. The average molecular weight is 166 g/mol. The van der Waals surface area contributed by atoms with Crippen LogP contribution in [0.25, 0.3) is 0 Å². The van der Waals surface area contributed by atoms with Gasteiger partial charge >= 0.3 is 5.97 Å².